The van der Waals surface area contributed by atoms with E-state index in [9.17, 15) is 13.2 Å². The van der Waals surface area contributed by atoms with E-state index in [1.807, 2.05) is 51.1 Å². The third-order valence-corrected chi connectivity index (χ3v) is 5.97. The molecule has 1 amide bonds. The van der Waals surface area contributed by atoms with E-state index in [4.69, 9.17) is 0 Å². The van der Waals surface area contributed by atoms with Crippen molar-refractivity contribution >= 4 is 21.6 Å². The predicted octanol–water partition coefficient (Wildman–Crippen LogP) is 3.42. The average Bonchev–Trinajstić information content (AvgIpc) is 2.58. The minimum atomic E-state index is -3.62. The van der Waals surface area contributed by atoms with E-state index < -0.39 is 16.1 Å². The highest BCUT2D eigenvalue weighted by atomic mass is 32.2. The van der Waals surface area contributed by atoms with Crippen LogP contribution in [0.1, 0.15) is 29.2 Å². The Hall–Kier alpha value is -2.34. The number of carbonyl (C=O) groups is 1. The number of benzene rings is 2. The second-order valence-corrected chi connectivity index (χ2v) is 9.04. The number of aryl methyl sites for hydroxylation is 3. The fourth-order valence-electron chi connectivity index (χ4n) is 3.03. The zero-order chi connectivity index (χ0) is 20.4. The maximum Gasteiger partial charge on any atom is 0.246 e. The first kappa shape index (κ1) is 21.0. The molecule has 0 bridgehead atoms. The first-order chi connectivity index (χ1) is 12.5. The van der Waals surface area contributed by atoms with Gasteiger partial charge in [-0.25, -0.2) is 8.42 Å². The van der Waals surface area contributed by atoms with Gasteiger partial charge in [0.25, 0.3) is 0 Å². The predicted molar refractivity (Wildman–Crippen MR) is 110 cm³/mol. The molecular formula is C21H28N2O3S. The van der Waals surface area contributed by atoms with Crippen LogP contribution in [0.25, 0.3) is 0 Å². The van der Waals surface area contributed by atoms with Crippen molar-refractivity contribution < 1.29 is 13.2 Å². The van der Waals surface area contributed by atoms with Gasteiger partial charge in [0.15, 0.2) is 0 Å². The van der Waals surface area contributed by atoms with E-state index in [1.165, 1.54) is 4.31 Å². The summed E-state index contributed by atoms with van der Waals surface area (Å²) in [6.45, 7) is 7.95. The van der Waals surface area contributed by atoms with Gasteiger partial charge in [0, 0.05) is 13.6 Å². The quantitative estimate of drug-likeness (QED) is 0.762. The van der Waals surface area contributed by atoms with Gasteiger partial charge in [0.1, 0.15) is 6.04 Å². The van der Waals surface area contributed by atoms with Gasteiger partial charge in [-0.1, -0.05) is 35.9 Å². The van der Waals surface area contributed by atoms with Gasteiger partial charge in [-0.2, -0.15) is 0 Å². The maximum atomic E-state index is 12.9. The van der Waals surface area contributed by atoms with Gasteiger partial charge >= 0.3 is 0 Å². The highest BCUT2D eigenvalue weighted by molar-refractivity contribution is 7.92. The molecule has 2 rings (SSSR count). The molecule has 6 heteroatoms. The number of rotatable bonds is 6. The Kier molecular flexibility index (Phi) is 6.31. The van der Waals surface area contributed by atoms with Gasteiger partial charge in [-0.05, 0) is 56.5 Å². The van der Waals surface area contributed by atoms with Gasteiger partial charge < -0.3 is 4.90 Å². The fourth-order valence-corrected chi connectivity index (χ4v) is 4.19. The molecule has 0 aliphatic carbocycles. The monoisotopic (exact) mass is 388 g/mol. The van der Waals surface area contributed by atoms with Gasteiger partial charge in [-0.3, -0.25) is 9.10 Å². The Morgan fingerprint density at radius 2 is 1.59 bits per heavy atom. The molecule has 146 valence electrons. The normalized spacial score (nSPS) is 12.5. The molecule has 27 heavy (non-hydrogen) atoms. The van der Waals surface area contributed by atoms with Gasteiger partial charge in [0.05, 0.1) is 11.9 Å². The molecule has 0 aromatic heterocycles. The first-order valence-electron chi connectivity index (χ1n) is 8.88. The van der Waals surface area contributed by atoms with Crippen LogP contribution in [-0.2, 0) is 21.4 Å². The van der Waals surface area contributed by atoms with Gasteiger partial charge in [0.2, 0.25) is 15.9 Å². The Morgan fingerprint density at radius 3 is 2.11 bits per heavy atom. The summed E-state index contributed by atoms with van der Waals surface area (Å²) in [6, 6.07) is 12.5. The van der Waals surface area contributed by atoms with Crippen LogP contribution in [0.2, 0.25) is 0 Å². The second kappa shape index (κ2) is 8.13. The Labute approximate surface area is 162 Å². The minimum Gasteiger partial charge on any atom is -0.340 e. The number of nitrogens with zero attached hydrogens (tertiary/aromatic N) is 2. The Balaban J connectivity index is 2.28. The van der Waals surface area contributed by atoms with E-state index in [-0.39, 0.29) is 5.91 Å². The summed E-state index contributed by atoms with van der Waals surface area (Å²) >= 11 is 0. The molecule has 0 radical (unpaired) electrons. The Morgan fingerprint density at radius 1 is 1.00 bits per heavy atom. The number of hydrogen-bond acceptors (Lipinski definition) is 3. The fraction of sp³-hybridized carbons (Fsp3) is 0.381. The zero-order valence-electron chi connectivity index (χ0n) is 16.9. The van der Waals surface area contributed by atoms with Crippen LogP contribution < -0.4 is 4.31 Å². The lowest BCUT2D eigenvalue weighted by molar-refractivity contribution is -0.131. The topological polar surface area (TPSA) is 57.7 Å². The van der Waals surface area contributed by atoms with Crippen LogP contribution in [0, 0.1) is 20.8 Å². The standard InChI is InChI=1S/C21H28N2O3S/c1-15-7-10-19(11-8-15)14-22(5)21(24)18(4)23(27(6,25)26)20-12-9-16(2)17(3)13-20/h7-13,18H,14H2,1-6H3. The number of sulfonamides is 1. The summed E-state index contributed by atoms with van der Waals surface area (Å²) in [5.74, 6) is -0.251. The number of amides is 1. The van der Waals surface area contributed by atoms with Crippen LogP contribution in [0.15, 0.2) is 42.5 Å². The lowest BCUT2D eigenvalue weighted by Gasteiger charge is -2.31. The van der Waals surface area contributed by atoms with Crippen LogP contribution in [-0.4, -0.2) is 38.6 Å². The molecule has 2 aromatic carbocycles. The summed E-state index contributed by atoms with van der Waals surface area (Å²) in [4.78, 5) is 14.5. The lowest BCUT2D eigenvalue weighted by atomic mass is 10.1. The lowest BCUT2D eigenvalue weighted by Crippen LogP contribution is -2.48. The van der Waals surface area contributed by atoms with Crippen molar-refractivity contribution in [3.8, 4) is 0 Å². The molecule has 0 fully saturated rings. The number of anilines is 1. The first-order valence-corrected chi connectivity index (χ1v) is 10.7. The molecule has 0 aliphatic heterocycles. The van der Waals surface area contributed by atoms with Crippen LogP contribution >= 0.6 is 0 Å². The van der Waals surface area contributed by atoms with Crippen molar-refractivity contribution in [3.05, 3.63) is 64.7 Å². The molecule has 0 saturated heterocycles. The van der Waals surface area contributed by atoms with E-state index in [2.05, 4.69) is 0 Å². The van der Waals surface area contributed by atoms with Gasteiger partial charge in [-0.15, -0.1) is 0 Å². The van der Waals surface area contributed by atoms with Crippen molar-refractivity contribution in [1.29, 1.82) is 0 Å². The highest BCUT2D eigenvalue weighted by Crippen LogP contribution is 2.24. The average molecular weight is 389 g/mol. The molecule has 0 heterocycles. The van der Waals surface area contributed by atoms with Crippen molar-refractivity contribution in [3.63, 3.8) is 0 Å². The van der Waals surface area contributed by atoms with Crippen molar-refractivity contribution in [1.82, 2.24) is 4.90 Å². The third-order valence-electron chi connectivity index (χ3n) is 4.73. The maximum absolute atomic E-state index is 12.9. The smallest absolute Gasteiger partial charge is 0.246 e. The number of hydrogen-bond donors (Lipinski definition) is 0. The number of likely N-dealkylation sites (N-methyl/N-ethyl adjacent to an activating group) is 1. The SMILES string of the molecule is Cc1ccc(CN(C)C(=O)C(C)N(c2ccc(C)c(C)c2)S(C)(=O)=O)cc1. The minimum absolute atomic E-state index is 0.251. The summed E-state index contributed by atoms with van der Waals surface area (Å²) in [6.07, 6.45) is 1.13. The van der Waals surface area contributed by atoms with E-state index in [0.717, 1.165) is 28.5 Å². The summed E-state index contributed by atoms with van der Waals surface area (Å²) in [5, 5.41) is 0. The van der Waals surface area contributed by atoms with Crippen LogP contribution in [0.4, 0.5) is 5.69 Å². The zero-order valence-corrected chi connectivity index (χ0v) is 17.7. The molecule has 0 N–H and O–H groups in total. The summed E-state index contributed by atoms with van der Waals surface area (Å²) in [7, 11) is -1.92. The second-order valence-electron chi connectivity index (χ2n) is 7.18. The molecule has 2 aromatic rings. The van der Waals surface area contributed by atoms with Crippen LogP contribution in [0.3, 0.4) is 0 Å². The number of carbonyl (C=O) groups excluding carboxylic acids is 1. The Bertz CT molecular complexity index is 921. The van der Waals surface area contributed by atoms with Crippen molar-refractivity contribution in [2.24, 2.45) is 0 Å². The third kappa shape index (κ3) is 5.10. The molecule has 0 spiro atoms. The highest BCUT2D eigenvalue weighted by Gasteiger charge is 2.31. The van der Waals surface area contributed by atoms with E-state index >= 15 is 0 Å². The van der Waals surface area contributed by atoms with Crippen molar-refractivity contribution in [2.45, 2.75) is 40.3 Å². The summed E-state index contributed by atoms with van der Waals surface area (Å²) in [5.41, 5.74) is 4.71. The molecule has 5 nitrogen and oxygen atoms in total. The van der Waals surface area contributed by atoms with E-state index in [1.54, 1.807) is 31.0 Å². The van der Waals surface area contributed by atoms with E-state index in [0.29, 0.717) is 12.2 Å². The summed E-state index contributed by atoms with van der Waals surface area (Å²) < 4.78 is 26.1. The molecule has 0 aliphatic rings. The molecule has 1 atom stereocenters. The molecular weight excluding hydrogens is 360 g/mol. The molecule has 1 unspecified atom stereocenters. The van der Waals surface area contributed by atoms with Crippen molar-refractivity contribution in [2.75, 3.05) is 17.6 Å². The van der Waals surface area contributed by atoms with Crippen LogP contribution in [0.5, 0.6) is 0 Å². The largest absolute Gasteiger partial charge is 0.340 e. The molecule has 0 saturated carbocycles.